The van der Waals surface area contributed by atoms with Gasteiger partial charge in [0.05, 0.1) is 16.5 Å². The Morgan fingerprint density at radius 3 is 2.67 bits per heavy atom. The van der Waals surface area contributed by atoms with Crippen molar-refractivity contribution in [2.75, 3.05) is 5.32 Å². The molecule has 21 heavy (non-hydrogen) atoms. The van der Waals surface area contributed by atoms with E-state index in [2.05, 4.69) is 15.3 Å². The van der Waals surface area contributed by atoms with Gasteiger partial charge in [0.15, 0.2) is 0 Å². The summed E-state index contributed by atoms with van der Waals surface area (Å²) in [5.74, 6) is 0.518. The summed E-state index contributed by atoms with van der Waals surface area (Å²) in [6.07, 6.45) is -1.54. The van der Waals surface area contributed by atoms with Gasteiger partial charge in [0.25, 0.3) is 5.69 Å². The lowest BCUT2D eigenvalue weighted by Crippen LogP contribution is -2.11. The number of hydrogen-bond donors (Lipinski definition) is 2. The Balaban J connectivity index is 2.33. The summed E-state index contributed by atoms with van der Waals surface area (Å²) in [4.78, 5) is 16.9. The van der Waals surface area contributed by atoms with Crippen LogP contribution in [-0.4, -0.2) is 14.9 Å². The Morgan fingerprint density at radius 1 is 1.43 bits per heavy atom. The van der Waals surface area contributed by atoms with Gasteiger partial charge in [-0.1, -0.05) is 0 Å². The van der Waals surface area contributed by atoms with Crippen LogP contribution < -0.4 is 5.32 Å². The van der Waals surface area contributed by atoms with Crippen molar-refractivity contribution >= 4 is 11.4 Å². The number of nitrogens with one attached hydrogen (secondary N) is 2. The minimum atomic E-state index is -4.63. The number of aromatic amines is 1. The van der Waals surface area contributed by atoms with E-state index < -0.39 is 28.4 Å². The first-order chi connectivity index (χ1) is 9.79. The van der Waals surface area contributed by atoms with Gasteiger partial charge >= 0.3 is 6.18 Å². The lowest BCUT2D eigenvalue weighted by molar-refractivity contribution is -0.384. The molecule has 2 aromatic rings. The van der Waals surface area contributed by atoms with Crippen molar-refractivity contribution in [1.29, 1.82) is 0 Å². The van der Waals surface area contributed by atoms with Crippen LogP contribution >= 0.6 is 0 Å². The number of benzene rings is 1. The number of alkyl halides is 3. The maximum absolute atomic E-state index is 12.6. The number of imidazole rings is 1. The standard InChI is InChI=1S/C12H11F3N4O2/c1-7(11-16-4-5-17-11)18-9-3-2-8(12(13,14)15)6-10(9)19(20)21/h2-7,18H,1H3,(H,16,17). The highest BCUT2D eigenvalue weighted by Crippen LogP contribution is 2.35. The monoisotopic (exact) mass is 300 g/mol. The van der Waals surface area contributed by atoms with E-state index in [1.165, 1.54) is 6.20 Å². The molecule has 9 heteroatoms. The molecule has 0 amide bonds. The molecule has 0 saturated heterocycles. The minimum Gasteiger partial charge on any atom is -0.370 e. The Hall–Kier alpha value is -2.58. The quantitative estimate of drug-likeness (QED) is 0.668. The molecule has 6 nitrogen and oxygen atoms in total. The molecule has 0 aliphatic carbocycles. The van der Waals surface area contributed by atoms with Gasteiger partial charge in [-0.15, -0.1) is 0 Å². The van der Waals surface area contributed by atoms with Crippen molar-refractivity contribution in [1.82, 2.24) is 9.97 Å². The number of nitro benzene ring substituents is 1. The normalized spacial score (nSPS) is 13.0. The second-order valence-corrected chi connectivity index (χ2v) is 4.33. The maximum Gasteiger partial charge on any atom is 0.416 e. The average molecular weight is 300 g/mol. The van der Waals surface area contributed by atoms with Crippen molar-refractivity contribution in [3.05, 3.63) is 52.1 Å². The van der Waals surface area contributed by atoms with E-state index >= 15 is 0 Å². The van der Waals surface area contributed by atoms with Gasteiger partial charge in [-0.3, -0.25) is 10.1 Å². The largest absolute Gasteiger partial charge is 0.416 e. The molecule has 0 aliphatic rings. The predicted molar refractivity (Wildman–Crippen MR) is 68.7 cm³/mol. The van der Waals surface area contributed by atoms with Crippen LogP contribution in [0.25, 0.3) is 0 Å². The summed E-state index contributed by atoms with van der Waals surface area (Å²) >= 11 is 0. The third-order valence-electron chi connectivity index (χ3n) is 2.82. The molecule has 0 radical (unpaired) electrons. The number of aromatic nitrogens is 2. The highest BCUT2D eigenvalue weighted by atomic mass is 19.4. The van der Waals surface area contributed by atoms with E-state index in [1.54, 1.807) is 13.1 Å². The zero-order valence-electron chi connectivity index (χ0n) is 10.8. The Kier molecular flexibility index (Phi) is 3.83. The van der Waals surface area contributed by atoms with Crippen molar-refractivity contribution in [2.24, 2.45) is 0 Å². The van der Waals surface area contributed by atoms with Gasteiger partial charge in [-0.2, -0.15) is 13.2 Å². The van der Waals surface area contributed by atoms with Gasteiger partial charge in [0.1, 0.15) is 11.5 Å². The van der Waals surface area contributed by atoms with Gasteiger partial charge < -0.3 is 10.3 Å². The van der Waals surface area contributed by atoms with Crippen LogP contribution in [-0.2, 0) is 6.18 Å². The highest BCUT2D eigenvalue weighted by molar-refractivity contribution is 5.63. The van der Waals surface area contributed by atoms with Crippen LogP contribution in [0.1, 0.15) is 24.4 Å². The third-order valence-corrected chi connectivity index (χ3v) is 2.82. The van der Waals surface area contributed by atoms with E-state index in [-0.39, 0.29) is 5.69 Å². The van der Waals surface area contributed by atoms with Crippen molar-refractivity contribution in [3.8, 4) is 0 Å². The van der Waals surface area contributed by atoms with Crippen LogP contribution in [0.15, 0.2) is 30.6 Å². The molecule has 0 fully saturated rings. The van der Waals surface area contributed by atoms with Gasteiger partial charge in [0.2, 0.25) is 0 Å². The summed E-state index contributed by atoms with van der Waals surface area (Å²) < 4.78 is 37.8. The van der Waals surface area contributed by atoms with Gasteiger partial charge in [0, 0.05) is 18.5 Å². The van der Waals surface area contributed by atoms with E-state index in [4.69, 9.17) is 0 Å². The molecule has 0 spiro atoms. The summed E-state index contributed by atoms with van der Waals surface area (Å²) in [6, 6.07) is 1.93. The van der Waals surface area contributed by atoms with E-state index in [0.29, 0.717) is 11.9 Å². The van der Waals surface area contributed by atoms with E-state index in [9.17, 15) is 23.3 Å². The van der Waals surface area contributed by atoms with E-state index in [0.717, 1.165) is 12.1 Å². The van der Waals surface area contributed by atoms with Crippen molar-refractivity contribution < 1.29 is 18.1 Å². The zero-order chi connectivity index (χ0) is 15.6. The van der Waals surface area contributed by atoms with Crippen LogP contribution in [0.4, 0.5) is 24.5 Å². The molecule has 112 valence electrons. The predicted octanol–water partition coefficient (Wildman–Crippen LogP) is 3.51. The summed E-state index contributed by atoms with van der Waals surface area (Å²) in [7, 11) is 0. The molecule has 0 saturated carbocycles. The topological polar surface area (TPSA) is 83.8 Å². The molecule has 1 heterocycles. The fourth-order valence-electron chi connectivity index (χ4n) is 1.80. The number of rotatable bonds is 4. The maximum atomic E-state index is 12.6. The first kappa shape index (κ1) is 14.8. The first-order valence-electron chi connectivity index (χ1n) is 5.90. The zero-order valence-corrected chi connectivity index (χ0v) is 10.8. The number of hydrogen-bond acceptors (Lipinski definition) is 4. The molecule has 0 aliphatic heterocycles. The van der Waals surface area contributed by atoms with Crippen molar-refractivity contribution in [2.45, 2.75) is 19.1 Å². The summed E-state index contributed by atoms with van der Waals surface area (Å²) in [5, 5.41) is 13.7. The molecular formula is C12H11F3N4O2. The molecule has 1 unspecified atom stereocenters. The lowest BCUT2D eigenvalue weighted by Gasteiger charge is -2.14. The molecule has 0 bridgehead atoms. The average Bonchev–Trinajstić information content (AvgIpc) is 2.91. The molecular weight excluding hydrogens is 289 g/mol. The van der Waals surface area contributed by atoms with Crippen LogP contribution in [0.3, 0.4) is 0 Å². The van der Waals surface area contributed by atoms with Crippen molar-refractivity contribution in [3.63, 3.8) is 0 Å². The number of halogens is 3. The molecule has 2 rings (SSSR count). The molecule has 1 atom stereocenters. The Labute approximate surface area is 117 Å². The highest BCUT2D eigenvalue weighted by Gasteiger charge is 2.33. The number of nitro groups is 1. The first-order valence-corrected chi connectivity index (χ1v) is 5.90. The SMILES string of the molecule is CC(Nc1ccc(C(F)(F)F)cc1[N+](=O)[O-])c1ncc[nH]1. The third kappa shape index (κ3) is 3.30. The number of anilines is 1. The Morgan fingerprint density at radius 2 is 2.14 bits per heavy atom. The molecule has 2 N–H and O–H groups in total. The smallest absolute Gasteiger partial charge is 0.370 e. The second-order valence-electron chi connectivity index (χ2n) is 4.33. The van der Waals surface area contributed by atoms with Gasteiger partial charge in [-0.05, 0) is 19.1 Å². The minimum absolute atomic E-state index is 0.00287. The van der Waals surface area contributed by atoms with Crippen LogP contribution in [0, 0.1) is 10.1 Å². The lowest BCUT2D eigenvalue weighted by atomic mass is 10.1. The van der Waals surface area contributed by atoms with Crippen LogP contribution in [0.2, 0.25) is 0 Å². The Bertz CT molecular complexity index is 640. The second kappa shape index (κ2) is 5.43. The molecule has 1 aromatic heterocycles. The number of H-pyrrole nitrogens is 1. The van der Waals surface area contributed by atoms with Crippen LogP contribution in [0.5, 0.6) is 0 Å². The fourth-order valence-corrected chi connectivity index (χ4v) is 1.80. The van der Waals surface area contributed by atoms with E-state index in [1.807, 2.05) is 0 Å². The summed E-state index contributed by atoms with van der Waals surface area (Å²) in [5.41, 5.74) is -1.70. The molecule has 1 aromatic carbocycles. The number of nitrogens with zero attached hydrogens (tertiary/aromatic N) is 2. The van der Waals surface area contributed by atoms with Gasteiger partial charge in [-0.25, -0.2) is 4.98 Å². The summed E-state index contributed by atoms with van der Waals surface area (Å²) in [6.45, 7) is 1.68. The fraction of sp³-hybridized carbons (Fsp3) is 0.250.